The lowest BCUT2D eigenvalue weighted by Crippen LogP contribution is -2.44. The van der Waals surface area contributed by atoms with Crippen molar-refractivity contribution < 1.29 is 9.59 Å². The largest absolute Gasteiger partial charge is 0.329 e. The average Bonchev–Trinajstić information content (AvgIpc) is 2.92. The molecule has 1 atom stereocenters. The summed E-state index contributed by atoms with van der Waals surface area (Å²) in [5, 5.41) is 5.65. The summed E-state index contributed by atoms with van der Waals surface area (Å²) in [7, 11) is 1.69. The van der Waals surface area contributed by atoms with Crippen LogP contribution in [0.15, 0.2) is 23.0 Å². The molecule has 2 aliphatic heterocycles. The van der Waals surface area contributed by atoms with E-state index < -0.39 is 11.9 Å². The lowest BCUT2D eigenvalue weighted by Gasteiger charge is -2.21. The minimum Gasteiger partial charge on any atom is -0.317 e. The number of fused-ring (bicyclic) bond motifs is 1. The van der Waals surface area contributed by atoms with Crippen molar-refractivity contribution in [1.29, 1.82) is 0 Å². The molecule has 4 rings (SSSR count). The van der Waals surface area contributed by atoms with Crippen LogP contribution in [0.5, 0.6) is 0 Å². The van der Waals surface area contributed by atoms with Crippen LogP contribution >= 0.6 is 0 Å². The Balaban J connectivity index is 1.70. The normalized spacial score (nSPS) is 21.0. The van der Waals surface area contributed by atoms with Crippen molar-refractivity contribution in [2.75, 3.05) is 13.1 Å². The summed E-state index contributed by atoms with van der Waals surface area (Å²) in [6.45, 7) is 2.00. The Morgan fingerprint density at radius 2 is 1.85 bits per heavy atom. The fourth-order valence-corrected chi connectivity index (χ4v) is 3.82. The van der Waals surface area contributed by atoms with Crippen LogP contribution < -0.4 is 16.3 Å². The maximum absolute atomic E-state index is 12.7. The topological polar surface area (TPSA) is 85.1 Å². The van der Waals surface area contributed by atoms with Gasteiger partial charge >= 0.3 is 5.69 Å². The second-order valence-electron chi connectivity index (χ2n) is 7.18. The third-order valence-electron chi connectivity index (χ3n) is 5.37. The second-order valence-corrected chi connectivity index (χ2v) is 7.18. The predicted octanol–water partition coefficient (Wildman–Crippen LogP) is 0.669. The molecule has 1 aromatic heterocycles. The molecule has 0 bridgehead atoms. The quantitative estimate of drug-likeness (QED) is 0.574. The van der Waals surface area contributed by atoms with Gasteiger partial charge in [0.15, 0.2) is 0 Å². The van der Waals surface area contributed by atoms with Gasteiger partial charge in [-0.2, -0.15) is 0 Å². The smallest absolute Gasteiger partial charge is 0.317 e. The van der Waals surface area contributed by atoms with Crippen LogP contribution in [-0.4, -0.2) is 34.0 Å². The minimum absolute atomic E-state index is 0.235. The Kier molecular flexibility index (Phi) is 4.58. The predicted molar refractivity (Wildman–Crippen MR) is 101 cm³/mol. The van der Waals surface area contributed by atoms with E-state index in [9.17, 15) is 14.4 Å². The first kappa shape index (κ1) is 17.6. The van der Waals surface area contributed by atoms with Crippen LogP contribution in [0.25, 0.3) is 11.0 Å². The Morgan fingerprint density at radius 1 is 1.07 bits per heavy atom. The molecule has 0 saturated carbocycles. The average molecular weight is 366 g/mol. The van der Waals surface area contributed by atoms with Crippen LogP contribution in [-0.2, 0) is 16.6 Å². The molecule has 2 saturated heterocycles. The van der Waals surface area contributed by atoms with Gasteiger partial charge in [0.1, 0.15) is 6.04 Å². The first-order valence-corrected chi connectivity index (χ1v) is 9.31. The zero-order valence-corrected chi connectivity index (χ0v) is 15.2. The number of piperidine rings is 2. The molecule has 2 amide bonds. The van der Waals surface area contributed by atoms with Crippen molar-refractivity contribution in [2.24, 2.45) is 13.0 Å². The Labute approximate surface area is 156 Å². The van der Waals surface area contributed by atoms with Crippen molar-refractivity contribution in [3.8, 4) is 11.8 Å². The second kappa shape index (κ2) is 7.05. The van der Waals surface area contributed by atoms with E-state index in [1.807, 2.05) is 18.2 Å². The molecule has 2 N–H and O–H groups in total. The van der Waals surface area contributed by atoms with Gasteiger partial charge in [-0.25, -0.2) is 4.79 Å². The number of imide groups is 1. The van der Waals surface area contributed by atoms with Crippen molar-refractivity contribution in [2.45, 2.75) is 31.7 Å². The summed E-state index contributed by atoms with van der Waals surface area (Å²) in [6, 6.07) is 4.96. The molecule has 7 heteroatoms. The van der Waals surface area contributed by atoms with E-state index in [-0.39, 0.29) is 18.0 Å². The highest BCUT2D eigenvalue weighted by atomic mass is 16.2. The van der Waals surface area contributed by atoms with Crippen LogP contribution in [0.3, 0.4) is 0 Å². The summed E-state index contributed by atoms with van der Waals surface area (Å²) in [6.07, 6.45) is 2.68. The standard InChI is InChI=1S/C20H22N4O3/c1-23-17-12-14(3-2-13-8-10-21-11-9-13)4-5-15(17)24(20(23)27)16-6-7-18(25)22-19(16)26/h4-5,12-13,16,21H,6-11H2,1H3,(H,22,25,26). The Morgan fingerprint density at radius 3 is 2.59 bits per heavy atom. The summed E-state index contributed by atoms with van der Waals surface area (Å²) in [4.78, 5) is 36.4. The summed E-state index contributed by atoms with van der Waals surface area (Å²) in [5.74, 6) is 6.25. The van der Waals surface area contributed by atoms with Crippen molar-refractivity contribution in [1.82, 2.24) is 19.8 Å². The molecule has 1 unspecified atom stereocenters. The van der Waals surface area contributed by atoms with Gasteiger partial charge in [-0.05, 0) is 50.6 Å². The molecule has 0 radical (unpaired) electrons. The molecule has 7 nitrogen and oxygen atoms in total. The van der Waals surface area contributed by atoms with E-state index in [4.69, 9.17) is 0 Å². The number of nitrogens with zero attached hydrogens (tertiary/aromatic N) is 2. The van der Waals surface area contributed by atoms with Crippen LogP contribution in [0.1, 0.15) is 37.3 Å². The van der Waals surface area contributed by atoms with Crippen molar-refractivity contribution in [3.63, 3.8) is 0 Å². The molecule has 1 aromatic carbocycles. The summed E-state index contributed by atoms with van der Waals surface area (Å²) < 4.78 is 3.02. The van der Waals surface area contributed by atoms with Gasteiger partial charge in [0.2, 0.25) is 11.8 Å². The van der Waals surface area contributed by atoms with Crippen molar-refractivity contribution in [3.05, 3.63) is 34.2 Å². The van der Waals surface area contributed by atoms with E-state index >= 15 is 0 Å². The van der Waals surface area contributed by atoms with Gasteiger partial charge in [0.05, 0.1) is 11.0 Å². The van der Waals surface area contributed by atoms with Gasteiger partial charge in [0.25, 0.3) is 0 Å². The van der Waals surface area contributed by atoms with Crippen LogP contribution in [0.2, 0.25) is 0 Å². The van der Waals surface area contributed by atoms with Gasteiger partial charge in [0, 0.05) is 24.9 Å². The number of amides is 2. The zero-order chi connectivity index (χ0) is 19.0. The maximum Gasteiger partial charge on any atom is 0.329 e. The number of carbonyl (C=O) groups excluding carboxylic acids is 2. The number of benzene rings is 1. The number of hydrogen-bond donors (Lipinski definition) is 2. The maximum atomic E-state index is 12.7. The first-order chi connectivity index (χ1) is 13.0. The van der Waals surface area contributed by atoms with Crippen molar-refractivity contribution >= 4 is 22.8 Å². The highest BCUT2D eigenvalue weighted by Crippen LogP contribution is 2.23. The molecule has 27 heavy (non-hydrogen) atoms. The van der Waals surface area contributed by atoms with E-state index in [0.717, 1.165) is 37.0 Å². The molecular formula is C20H22N4O3. The molecule has 140 valence electrons. The van der Waals surface area contributed by atoms with Gasteiger partial charge in [-0.3, -0.25) is 24.0 Å². The molecule has 0 aliphatic carbocycles. The molecule has 0 spiro atoms. The number of nitrogens with one attached hydrogen (secondary N) is 2. The highest BCUT2D eigenvalue weighted by Gasteiger charge is 2.31. The lowest BCUT2D eigenvalue weighted by atomic mass is 9.98. The molecule has 2 fully saturated rings. The van der Waals surface area contributed by atoms with E-state index in [2.05, 4.69) is 22.5 Å². The van der Waals surface area contributed by atoms with E-state index in [1.54, 1.807) is 7.05 Å². The summed E-state index contributed by atoms with van der Waals surface area (Å²) in [5.41, 5.74) is 2.02. The van der Waals surface area contributed by atoms with E-state index in [0.29, 0.717) is 17.9 Å². The SMILES string of the molecule is Cn1c(=O)n(C2CCC(=O)NC2=O)c2ccc(C#CC3CCNCC3)cc21. The number of aromatic nitrogens is 2. The van der Waals surface area contributed by atoms with Gasteiger partial charge < -0.3 is 5.32 Å². The Bertz CT molecular complexity index is 1030. The minimum atomic E-state index is -0.662. The van der Waals surface area contributed by atoms with Crippen LogP contribution in [0.4, 0.5) is 0 Å². The molecule has 2 aromatic rings. The fraction of sp³-hybridized carbons (Fsp3) is 0.450. The number of imidazole rings is 1. The third-order valence-corrected chi connectivity index (χ3v) is 5.37. The Hall–Kier alpha value is -2.85. The highest BCUT2D eigenvalue weighted by molar-refractivity contribution is 6.00. The number of rotatable bonds is 1. The monoisotopic (exact) mass is 366 g/mol. The first-order valence-electron chi connectivity index (χ1n) is 9.31. The lowest BCUT2D eigenvalue weighted by molar-refractivity contribution is -0.135. The number of aryl methyl sites for hydroxylation is 1. The zero-order valence-electron chi connectivity index (χ0n) is 15.2. The van der Waals surface area contributed by atoms with E-state index in [1.165, 1.54) is 9.13 Å². The molecule has 3 heterocycles. The van der Waals surface area contributed by atoms with Gasteiger partial charge in [-0.1, -0.05) is 11.8 Å². The molecular weight excluding hydrogens is 344 g/mol. The number of hydrogen-bond acceptors (Lipinski definition) is 4. The van der Waals surface area contributed by atoms with Gasteiger partial charge in [-0.15, -0.1) is 0 Å². The van der Waals surface area contributed by atoms with Crippen LogP contribution in [0, 0.1) is 17.8 Å². The number of carbonyl (C=O) groups is 2. The molecule has 2 aliphatic rings. The third kappa shape index (κ3) is 3.28. The summed E-state index contributed by atoms with van der Waals surface area (Å²) >= 11 is 0. The fourth-order valence-electron chi connectivity index (χ4n) is 3.82.